The second-order valence-electron chi connectivity index (χ2n) is 3.96. The zero-order valence-corrected chi connectivity index (χ0v) is 10.4. The topological polar surface area (TPSA) is 44.8 Å². The summed E-state index contributed by atoms with van der Waals surface area (Å²) in [5.74, 6) is -0.428. The zero-order chi connectivity index (χ0) is 13.8. The van der Waals surface area contributed by atoms with Gasteiger partial charge in [0, 0.05) is 5.56 Å². The van der Waals surface area contributed by atoms with Crippen molar-refractivity contribution >= 4 is 5.97 Å². The molecule has 2 rings (SSSR count). The van der Waals surface area contributed by atoms with Crippen molar-refractivity contribution in [2.75, 3.05) is 13.2 Å². The number of hydrogen-bond donors (Lipinski definition) is 0. The van der Waals surface area contributed by atoms with Crippen molar-refractivity contribution in [1.82, 2.24) is 0 Å². The highest BCUT2D eigenvalue weighted by Crippen LogP contribution is 2.34. The summed E-state index contributed by atoms with van der Waals surface area (Å²) in [6.07, 6.45) is -0.446. The summed E-state index contributed by atoms with van der Waals surface area (Å²) in [5.41, 5.74) is 1.11. The van der Waals surface area contributed by atoms with Crippen LogP contribution in [0.15, 0.2) is 18.2 Å². The van der Waals surface area contributed by atoms with Crippen molar-refractivity contribution in [1.29, 1.82) is 0 Å². The number of hydrogen-bond acceptors (Lipinski definition) is 4. The lowest BCUT2D eigenvalue weighted by molar-refractivity contribution is -0.158. The van der Waals surface area contributed by atoms with Crippen LogP contribution in [0.5, 0.6) is 5.75 Å². The third kappa shape index (κ3) is 3.01. The molecule has 1 aliphatic rings. The Bertz CT molecular complexity index is 462. The van der Waals surface area contributed by atoms with Crippen LogP contribution in [0.3, 0.4) is 0 Å². The van der Waals surface area contributed by atoms with Crippen LogP contribution in [0, 0.1) is 0 Å². The molecule has 4 nitrogen and oxygen atoms in total. The van der Waals surface area contributed by atoms with Gasteiger partial charge in [0.2, 0.25) is 0 Å². The van der Waals surface area contributed by atoms with E-state index in [-0.39, 0.29) is 19.0 Å². The fourth-order valence-electron chi connectivity index (χ4n) is 2.08. The molecule has 1 unspecified atom stereocenters. The number of benzene rings is 1. The Morgan fingerprint density at radius 2 is 2.32 bits per heavy atom. The minimum Gasteiger partial charge on any atom is -0.464 e. The Labute approximate surface area is 109 Å². The first-order chi connectivity index (χ1) is 9.13. The molecule has 104 valence electrons. The maximum absolute atomic E-state index is 12.3. The highest BCUT2D eigenvalue weighted by atomic mass is 19.3. The molecule has 0 bridgehead atoms. The van der Waals surface area contributed by atoms with E-state index in [9.17, 15) is 13.6 Å². The Hall–Kier alpha value is -1.69. The molecule has 1 aliphatic heterocycles. The van der Waals surface area contributed by atoms with Crippen LogP contribution in [-0.2, 0) is 20.7 Å². The van der Waals surface area contributed by atoms with E-state index in [0.717, 1.165) is 0 Å². The molecule has 1 heterocycles. The maximum Gasteiger partial charge on any atom is 0.387 e. The van der Waals surface area contributed by atoms with Gasteiger partial charge in [-0.2, -0.15) is 8.78 Å². The van der Waals surface area contributed by atoms with E-state index < -0.39 is 18.7 Å². The fraction of sp³-hybridized carbons (Fsp3) is 0.462. The van der Waals surface area contributed by atoms with Gasteiger partial charge in [0.25, 0.3) is 0 Å². The molecular weight excluding hydrogens is 258 g/mol. The summed E-state index contributed by atoms with van der Waals surface area (Å²) in [7, 11) is 0. The molecule has 0 radical (unpaired) electrons. The molecule has 0 aromatic heterocycles. The van der Waals surface area contributed by atoms with Gasteiger partial charge in [0.05, 0.1) is 13.2 Å². The predicted molar refractivity (Wildman–Crippen MR) is 62.1 cm³/mol. The molecule has 6 heteroatoms. The largest absolute Gasteiger partial charge is 0.464 e. The summed E-state index contributed by atoms with van der Waals surface area (Å²) < 4.78 is 39.4. The van der Waals surface area contributed by atoms with Crippen molar-refractivity contribution in [3.05, 3.63) is 29.3 Å². The zero-order valence-electron chi connectivity index (χ0n) is 10.4. The molecule has 1 aromatic rings. The highest BCUT2D eigenvalue weighted by Gasteiger charge is 2.30. The first kappa shape index (κ1) is 13.7. The smallest absolute Gasteiger partial charge is 0.387 e. The second-order valence-corrected chi connectivity index (χ2v) is 3.96. The van der Waals surface area contributed by atoms with Gasteiger partial charge in [-0.1, -0.05) is 12.1 Å². The minimum absolute atomic E-state index is 0.0881. The Balaban J connectivity index is 2.31. The second kappa shape index (κ2) is 5.97. The number of rotatable bonds is 4. The highest BCUT2D eigenvalue weighted by molar-refractivity contribution is 5.77. The number of fused-ring (bicyclic) bond motifs is 1. The molecule has 19 heavy (non-hydrogen) atoms. The van der Waals surface area contributed by atoms with Gasteiger partial charge in [-0.15, -0.1) is 0 Å². The van der Waals surface area contributed by atoms with Crippen LogP contribution in [-0.4, -0.2) is 25.8 Å². The third-order valence-corrected chi connectivity index (χ3v) is 2.81. The Morgan fingerprint density at radius 1 is 1.53 bits per heavy atom. The van der Waals surface area contributed by atoms with E-state index in [0.29, 0.717) is 17.5 Å². The van der Waals surface area contributed by atoms with E-state index in [1.807, 2.05) is 0 Å². The van der Waals surface area contributed by atoms with Crippen LogP contribution in [0.25, 0.3) is 0 Å². The van der Waals surface area contributed by atoms with Gasteiger partial charge < -0.3 is 14.2 Å². The quantitative estimate of drug-likeness (QED) is 0.790. The molecule has 0 saturated heterocycles. The lowest BCUT2D eigenvalue weighted by Gasteiger charge is -2.26. The van der Waals surface area contributed by atoms with Crippen molar-refractivity contribution in [3.63, 3.8) is 0 Å². The third-order valence-electron chi connectivity index (χ3n) is 2.81. The Morgan fingerprint density at radius 3 is 3.00 bits per heavy atom. The lowest BCUT2D eigenvalue weighted by Crippen LogP contribution is -2.25. The van der Waals surface area contributed by atoms with Crippen molar-refractivity contribution < 1.29 is 27.8 Å². The van der Waals surface area contributed by atoms with Crippen LogP contribution in [0.1, 0.15) is 24.2 Å². The molecule has 0 amide bonds. The van der Waals surface area contributed by atoms with Crippen molar-refractivity contribution in [2.24, 2.45) is 0 Å². The average molecular weight is 272 g/mol. The van der Waals surface area contributed by atoms with Crippen LogP contribution in [0.2, 0.25) is 0 Å². The molecule has 0 aliphatic carbocycles. The first-order valence-electron chi connectivity index (χ1n) is 5.98. The number of carbonyl (C=O) groups excluding carboxylic acids is 1. The van der Waals surface area contributed by atoms with Gasteiger partial charge in [0.15, 0.2) is 6.10 Å². The number of ether oxygens (including phenoxy) is 3. The number of alkyl halides is 2. The molecule has 0 saturated carbocycles. The molecule has 0 N–H and O–H groups in total. The minimum atomic E-state index is -2.89. The summed E-state index contributed by atoms with van der Waals surface area (Å²) in [5, 5.41) is 0. The number of carbonyl (C=O) groups is 1. The van der Waals surface area contributed by atoms with Gasteiger partial charge >= 0.3 is 12.6 Å². The van der Waals surface area contributed by atoms with E-state index in [1.54, 1.807) is 19.1 Å². The molecular formula is C13H14F2O4. The van der Waals surface area contributed by atoms with Crippen LogP contribution >= 0.6 is 0 Å². The van der Waals surface area contributed by atoms with Gasteiger partial charge in [0.1, 0.15) is 5.75 Å². The Kier molecular flexibility index (Phi) is 4.31. The van der Waals surface area contributed by atoms with Crippen molar-refractivity contribution in [2.45, 2.75) is 26.1 Å². The molecule has 1 aromatic carbocycles. The van der Waals surface area contributed by atoms with E-state index >= 15 is 0 Å². The summed E-state index contributed by atoms with van der Waals surface area (Å²) >= 11 is 0. The summed E-state index contributed by atoms with van der Waals surface area (Å²) in [4.78, 5) is 11.8. The summed E-state index contributed by atoms with van der Waals surface area (Å²) in [6, 6.07) is 4.67. The average Bonchev–Trinajstić information content (AvgIpc) is 2.38. The lowest BCUT2D eigenvalue weighted by atomic mass is 9.96. The monoisotopic (exact) mass is 272 g/mol. The fourth-order valence-corrected chi connectivity index (χ4v) is 2.08. The number of halogens is 2. The predicted octanol–water partition coefficient (Wildman–Crippen LogP) is 2.46. The van der Waals surface area contributed by atoms with E-state index in [1.165, 1.54) is 6.07 Å². The number of esters is 1. The van der Waals surface area contributed by atoms with E-state index in [4.69, 9.17) is 9.47 Å². The standard InChI is InChI=1S/C13H14F2O4/c1-2-17-12(16)11-9-4-3-5-10(19-13(14)15)8(9)6-7-18-11/h3-5,11,13H,2,6-7H2,1H3. The maximum atomic E-state index is 12.3. The normalized spacial score (nSPS) is 18.0. The molecule has 0 spiro atoms. The summed E-state index contributed by atoms with van der Waals surface area (Å²) in [6.45, 7) is -0.699. The first-order valence-corrected chi connectivity index (χ1v) is 5.98. The van der Waals surface area contributed by atoms with Crippen molar-refractivity contribution in [3.8, 4) is 5.75 Å². The van der Waals surface area contributed by atoms with E-state index in [2.05, 4.69) is 4.74 Å². The van der Waals surface area contributed by atoms with Gasteiger partial charge in [-0.05, 0) is 25.0 Å². The van der Waals surface area contributed by atoms with Gasteiger partial charge in [-0.25, -0.2) is 4.79 Å². The molecule has 0 fully saturated rings. The van der Waals surface area contributed by atoms with Gasteiger partial charge in [-0.3, -0.25) is 0 Å². The SMILES string of the molecule is CCOC(=O)C1OCCc2c(OC(F)F)cccc21. The van der Waals surface area contributed by atoms with Crippen LogP contribution in [0.4, 0.5) is 8.78 Å². The van der Waals surface area contributed by atoms with Crippen LogP contribution < -0.4 is 4.74 Å². The molecule has 1 atom stereocenters.